The molecule has 31 heavy (non-hydrogen) atoms. The van der Waals surface area contributed by atoms with Crippen molar-refractivity contribution in [3.63, 3.8) is 0 Å². The number of rotatable bonds is 11. The molecular formula is C24H30N2O5. The Hall–Kier alpha value is -3.35. The molecule has 0 saturated heterocycles. The minimum atomic E-state index is -0.557. The summed E-state index contributed by atoms with van der Waals surface area (Å²) >= 11 is 0. The van der Waals surface area contributed by atoms with Gasteiger partial charge in [-0.25, -0.2) is 4.79 Å². The second-order valence-corrected chi connectivity index (χ2v) is 7.08. The number of hydrogen-bond donors (Lipinski definition) is 2. The molecule has 7 nitrogen and oxygen atoms in total. The van der Waals surface area contributed by atoms with E-state index in [1.165, 1.54) is 0 Å². The van der Waals surface area contributed by atoms with Gasteiger partial charge in [-0.1, -0.05) is 57.0 Å². The van der Waals surface area contributed by atoms with Crippen molar-refractivity contribution >= 4 is 17.8 Å². The van der Waals surface area contributed by atoms with Crippen molar-refractivity contribution in [2.75, 3.05) is 6.61 Å². The molecular weight excluding hydrogens is 396 g/mol. The van der Waals surface area contributed by atoms with Crippen molar-refractivity contribution in [2.45, 2.75) is 52.1 Å². The fraction of sp³-hybridized carbons (Fsp3) is 0.375. The molecule has 2 rings (SSSR count). The molecule has 0 aromatic heterocycles. The van der Waals surface area contributed by atoms with Gasteiger partial charge in [0.1, 0.15) is 17.4 Å². The first-order chi connectivity index (χ1) is 15.0. The van der Waals surface area contributed by atoms with E-state index in [4.69, 9.17) is 9.47 Å². The topological polar surface area (TPSA) is 93.7 Å². The summed E-state index contributed by atoms with van der Waals surface area (Å²) in [5.41, 5.74) is 5.29. The van der Waals surface area contributed by atoms with Gasteiger partial charge in [-0.15, -0.1) is 0 Å². The van der Waals surface area contributed by atoms with Crippen LogP contribution >= 0.6 is 0 Å². The molecule has 2 aromatic rings. The predicted molar refractivity (Wildman–Crippen MR) is 118 cm³/mol. The first-order valence-electron chi connectivity index (χ1n) is 10.6. The number of benzene rings is 2. The second kappa shape index (κ2) is 13.1. The highest BCUT2D eigenvalue weighted by Crippen LogP contribution is 2.21. The summed E-state index contributed by atoms with van der Waals surface area (Å²) in [5.74, 6) is -1.22. The smallest absolute Gasteiger partial charge is 0.342 e. The van der Waals surface area contributed by atoms with Gasteiger partial charge in [0.2, 0.25) is 0 Å². The largest absolute Gasteiger partial charge is 0.483 e. The molecule has 0 saturated carbocycles. The molecule has 2 aromatic carbocycles. The van der Waals surface area contributed by atoms with Gasteiger partial charge in [-0.05, 0) is 43.5 Å². The zero-order chi connectivity index (χ0) is 22.5. The SMILES string of the molecule is CCCCCC(CC)OC(=O)c1ccccc1OCC(=O)NNC(=O)c1ccccc1. The van der Waals surface area contributed by atoms with Crippen LogP contribution in [0.4, 0.5) is 0 Å². The summed E-state index contributed by atoms with van der Waals surface area (Å²) in [7, 11) is 0. The summed E-state index contributed by atoms with van der Waals surface area (Å²) in [4.78, 5) is 36.6. The van der Waals surface area contributed by atoms with E-state index < -0.39 is 17.8 Å². The number of nitrogens with one attached hydrogen (secondary N) is 2. The van der Waals surface area contributed by atoms with E-state index in [9.17, 15) is 14.4 Å². The molecule has 0 radical (unpaired) electrons. The van der Waals surface area contributed by atoms with Gasteiger partial charge >= 0.3 is 5.97 Å². The van der Waals surface area contributed by atoms with E-state index in [0.29, 0.717) is 5.56 Å². The molecule has 0 aliphatic carbocycles. The van der Waals surface area contributed by atoms with Crippen molar-refractivity contribution in [1.29, 1.82) is 0 Å². The van der Waals surface area contributed by atoms with Crippen LogP contribution in [0, 0.1) is 0 Å². The van der Waals surface area contributed by atoms with Crippen LogP contribution in [0.2, 0.25) is 0 Å². The maximum absolute atomic E-state index is 12.6. The fourth-order valence-electron chi connectivity index (χ4n) is 2.91. The van der Waals surface area contributed by atoms with E-state index in [-0.39, 0.29) is 24.0 Å². The average Bonchev–Trinajstić information content (AvgIpc) is 2.81. The van der Waals surface area contributed by atoms with Crippen LogP contribution in [0.15, 0.2) is 54.6 Å². The number of para-hydroxylation sites is 1. The fourth-order valence-corrected chi connectivity index (χ4v) is 2.91. The van der Waals surface area contributed by atoms with Gasteiger partial charge < -0.3 is 9.47 Å². The third-order valence-electron chi connectivity index (χ3n) is 4.68. The Bertz CT molecular complexity index is 854. The average molecular weight is 427 g/mol. The monoisotopic (exact) mass is 426 g/mol. The van der Waals surface area contributed by atoms with Crippen LogP contribution in [-0.4, -0.2) is 30.5 Å². The number of amides is 2. The van der Waals surface area contributed by atoms with Crippen LogP contribution in [0.3, 0.4) is 0 Å². The molecule has 0 fully saturated rings. The summed E-state index contributed by atoms with van der Waals surface area (Å²) in [5, 5.41) is 0. The van der Waals surface area contributed by atoms with E-state index >= 15 is 0 Å². The minimum Gasteiger partial charge on any atom is -0.483 e. The third-order valence-corrected chi connectivity index (χ3v) is 4.68. The number of hydrogen-bond acceptors (Lipinski definition) is 5. The molecule has 1 atom stereocenters. The molecule has 0 aliphatic heterocycles. The minimum absolute atomic E-state index is 0.149. The number of carbonyl (C=O) groups is 3. The molecule has 0 bridgehead atoms. The summed E-state index contributed by atoms with van der Waals surface area (Å²) in [6.07, 6.45) is 4.63. The molecule has 1 unspecified atom stereocenters. The molecule has 2 amide bonds. The van der Waals surface area contributed by atoms with Crippen LogP contribution in [0.25, 0.3) is 0 Å². The Morgan fingerprint density at radius 2 is 1.61 bits per heavy atom. The number of ether oxygens (including phenoxy) is 2. The Morgan fingerprint density at radius 3 is 2.32 bits per heavy atom. The van der Waals surface area contributed by atoms with Gasteiger partial charge in [-0.2, -0.15) is 0 Å². The summed E-state index contributed by atoms with van der Waals surface area (Å²) in [6, 6.07) is 15.1. The van der Waals surface area contributed by atoms with E-state index in [1.807, 2.05) is 6.92 Å². The van der Waals surface area contributed by atoms with Gasteiger partial charge in [0, 0.05) is 5.56 Å². The van der Waals surface area contributed by atoms with Crippen molar-refractivity contribution in [1.82, 2.24) is 10.9 Å². The first kappa shape index (κ1) is 23.9. The van der Waals surface area contributed by atoms with Crippen molar-refractivity contribution < 1.29 is 23.9 Å². The second-order valence-electron chi connectivity index (χ2n) is 7.08. The number of esters is 1. The zero-order valence-corrected chi connectivity index (χ0v) is 18.1. The van der Waals surface area contributed by atoms with Crippen LogP contribution in [-0.2, 0) is 9.53 Å². The normalized spacial score (nSPS) is 11.3. The zero-order valence-electron chi connectivity index (χ0n) is 18.1. The molecule has 2 N–H and O–H groups in total. The summed E-state index contributed by atoms with van der Waals surface area (Å²) < 4.78 is 11.1. The quantitative estimate of drug-likeness (QED) is 0.321. The highest BCUT2D eigenvalue weighted by atomic mass is 16.5. The highest BCUT2D eigenvalue weighted by molar-refractivity contribution is 5.95. The Kier molecular flexibility index (Phi) is 10.1. The number of unbranched alkanes of at least 4 members (excludes halogenated alkanes) is 2. The lowest BCUT2D eigenvalue weighted by Gasteiger charge is -2.17. The maximum Gasteiger partial charge on any atom is 0.342 e. The van der Waals surface area contributed by atoms with Gasteiger partial charge in [0.05, 0.1) is 0 Å². The van der Waals surface area contributed by atoms with Crippen LogP contribution in [0.1, 0.15) is 66.7 Å². The lowest BCUT2D eigenvalue weighted by molar-refractivity contribution is -0.123. The van der Waals surface area contributed by atoms with E-state index in [1.54, 1.807) is 54.6 Å². The van der Waals surface area contributed by atoms with Crippen molar-refractivity contribution in [3.05, 3.63) is 65.7 Å². The maximum atomic E-state index is 12.6. The van der Waals surface area contributed by atoms with Crippen LogP contribution in [0.5, 0.6) is 5.75 Å². The Morgan fingerprint density at radius 1 is 0.903 bits per heavy atom. The highest BCUT2D eigenvalue weighted by Gasteiger charge is 2.19. The first-order valence-corrected chi connectivity index (χ1v) is 10.6. The molecule has 0 spiro atoms. The molecule has 166 valence electrons. The Labute approximate surface area is 183 Å². The standard InChI is InChI=1S/C24H30N2O5/c1-3-5-7-14-19(4-2)31-24(29)20-15-10-11-16-21(20)30-17-22(27)25-26-23(28)18-12-8-6-9-13-18/h6,8-13,15-16,19H,3-5,7,14,17H2,1-2H3,(H,25,27)(H,26,28). The predicted octanol–water partition coefficient (Wildman–Crippen LogP) is 4.04. The molecule has 7 heteroatoms. The molecule has 0 aliphatic rings. The van der Waals surface area contributed by atoms with E-state index in [2.05, 4.69) is 17.8 Å². The lowest BCUT2D eigenvalue weighted by atomic mass is 10.1. The van der Waals surface area contributed by atoms with Crippen LogP contribution < -0.4 is 15.6 Å². The summed E-state index contributed by atoms with van der Waals surface area (Å²) in [6.45, 7) is 3.75. The number of hydrazine groups is 1. The van der Waals surface area contributed by atoms with Crippen molar-refractivity contribution in [2.24, 2.45) is 0 Å². The third kappa shape index (κ3) is 8.12. The van der Waals surface area contributed by atoms with Gasteiger partial charge in [0.25, 0.3) is 11.8 Å². The molecule has 0 heterocycles. The van der Waals surface area contributed by atoms with E-state index in [0.717, 1.165) is 32.1 Å². The number of carbonyl (C=O) groups excluding carboxylic acids is 3. The van der Waals surface area contributed by atoms with Gasteiger partial charge in [-0.3, -0.25) is 20.4 Å². The van der Waals surface area contributed by atoms with Gasteiger partial charge in [0.15, 0.2) is 6.61 Å². The Balaban J connectivity index is 1.87. The lowest BCUT2D eigenvalue weighted by Crippen LogP contribution is -2.43. The van der Waals surface area contributed by atoms with Crippen molar-refractivity contribution in [3.8, 4) is 5.75 Å².